The highest BCUT2D eigenvalue weighted by atomic mass is 28.3. The molecule has 0 spiro atoms. The minimum absolute atomic E-state index is 0.00567. The first-order valence-corrected chi connectivity index (χ1v) is 26.0. The minimum Gasteiger partial charge on any atom is -0.382 e. The van der Waals surface area contributed by atoms with Crippen molar-refractivity contribution < 1.29 is 59.9 Å². The quantitative estimate of drug-likeness (QED) is 0.123. The maximum atomic E-state index is 13.1. The van der Waals surface area contributed by atoms with Gasteiger partial charge in [-0.05, 0) is 24.9 Å². The molecule has 0 aromatic carbocycles. The molecule has 0 radical (unpaired) electrons. The van der Waals surface area contributed by atoms with E-state index < -0.39 is 51.1 Å². The van der Waals surface area contributed by atoms with Crippen LogP contribution in [0.2, 0.25) is 51.4 Å². The van der Waals surface area contributed by atoms with Gasteiger partial charge in [0.2, 0.25) is 0 Å². The second-order valence-corrected chi connectivity index (χ2v) is 27.5. The Morgan fingerprint density at radius 1 is 0.667 bits per heavy atom. The molecule has 1 N–H and O–H groups in total. The molecule has 312 valence electrons. The predicted octanol–water partition coefficient (Wildman–Crippen LogP) is 7.88. The van der Waals surface area contributed by atoms with Crippen molar-refractivity contribution in [3.8, 4) is 0 Å². The lowest BCUT2D eigenvalue weighted by molar-refractivity contribution is -0.142. The third-order valence-electron chi connectivity index (χ3n) is 9.25. The molecule has 0 amide bonds. The topological polar surface area (TPSA) is 111 Å². The lowest BCUT2D eigenvalue weighted by atomic mass is 9.93. The monoisotopic (exact) mass is 818 g/mol. The highest BCUT2D eigenvalue weighted by molar-refractivity contribution is 6.76. The predicted molar refractivity (Wildman–Crippen MR) is 195 cm³/mol. The Morgan fingerprint density at radius 2 is 1.06 bits per heavy atom. The highest BCUT2D eigenvalue weighted by Crippen LogP contribution is 2.38. The number of methoxy groups -OCH3 is 1. The molecule has 0 saturated carbocycles. The Labute approximate surface area is 317 Å². The van der Waals surface area contributed by atoms with Gasteiger partial charge in [0.25, 0.3) is 0 Å². The van der Waals surface area contributed by atoms with Crippen molar-refractivity contribution in [2.75, 3.05) is 60.0 Å². The maximum absolute atomic E-state index is 13.1. The number of imidazole rings is 2. The van der Waals surface area contributed by atoms with Crippen LogP contribution < -0.4 is 0 Å². The molecule has 2 aromatic rings. The van der Waals surface area contributed by atoms with E-state index >= 15 is 0 Å². The van der Waals surface area contributed by atoms with Gasteiger partial charge in [0.1, 0.15) is 36.3 Å². The normalized spacial score (nSPS) is 19.1. The van der Waals surface area contributed by atoms with E-state index in [2.05, 4.69) is 49.3 Å². The first kappa shape index (κ1) is 46.5. The van der Waals surface area contributed by atoms with E-state index in [0.717, 1.165) is 37.7 Å². The van der Waals surface area contributed by atoms with Gasteiger partial charge in [0, 0.05) is 114 Å². The summed E-state index contributed by atoms with van der Waals surface area (Å²) in [6, 6.07) is 1.87. The molecule has 3 saturated heterocycles. The van der Waals surface area contributed by atoms with Gasteiger partial charge in [-0.15, -0.1) is 0 Å². The number of hydrogen-bond donors (Lipinski definition) is 1. The van der Waals surface area contributed by atoms with E-state index in [-0.39, 0.29) is 38.0 Å². The zero-order valence-corrected chi connectivity index (χ0v) is 34.8. The summed E-state index contributed by atoms with van der Waals surface area (Å²) in [5, 5.41) is 10.7. The van der Waals surface area contributed by atoms with Crippen molar-refractivity contribution in [1.82, 2.24) is 19.1 Å². The Balaban J connectivity index is 0.000000256. The summed E-state index contributed by atoms with van der Waals surface area (Å²) in [4.78, 5) is 7.53. The first-order chi connectivity index (χ1) is 25.1. The van der Waals surface area contributed by atoms with Gasteiger partial charge < -0.3 is 42.7 Å². The number of aromatic nitrogens is 4. The number of alkyl halides is 6. The SMILES string of the molecule is C1CCOC1.COC1(c2nc(C(F)(F)F)cn2COCC[Si](C)(C)C)CCOCC1.C[Si](C)(C)CCOCn1cc(C(F)(F)F)nc1C1(O)CCOCC1. The molecule has 3 aliphatic heterocycles. The molecule has 19 heteroatoms. The second kappa shape index (κ2) is 20.0. The third kappa shape index (κ3) is 14.9. The van der Waals surface area contributed by atoms with Crippen molar-refractivity contribution in [3.63, 3.8) is 0 Å². The van der Waals surface area contributed by atoms with Crippen LogP contribution in [0, 0.1) is 0 Å². The summed E-state index contributed by atoms with van der Waals surface area (Å²) in [5.74, 6) is 0.268. The van der Waals surface area contributed by atoms with Crippen LogP contribution in [-0.4, -0.2) is 100 Å². The average molecular weight is 819 g/mol. The number of ether oxygens (including phenoxy) is 6. The zero-order valence-electron chi connectivity index (χ0n) is 32.8. The molecule has 5 heterocycles. The molecular formula is C35H60F6N4O7Si2. The summed E-state index contributed by atoms with van der Waals surface area (Å²) in [6.07, 6.45) is -3.21. The van der Waals surface area contributed by atoms with Crippen LogP contribution in [-0.2, 0) is 65.4 Å². The van der Waals surface area contributed by atoms with E-state index in [9.17, 15) is 31.4 Å². The standard InChI is InChI=1S/C16H27F3N2O3Si.C15H25F3N2O3Si.C4H8O/c1-22-15(5-7-23-8-6-15)14-20-13(16(17,18)19)11-21(14)12-24-9-10-25(2,3)4;1-24(2,3)9-8-23-11-20-10-12(15(16,17)18)19-13(20)14(21)4-6-22-7-5-14;1-2-4-5-3-1/h11H,5-10,12H2,1-4H3;10,21H,4-9,11H2,1-3H3;1-4H2. The van der Waals surface area contributed by atoms with Crippen LogP contribution in [0.25, 0.3) is 0 Å². The fourth-order valence-corrected chi connectivity index (χ4v) is 7.30. The van der Waals surface area contributed by atoms with Crippen molar-refractivity contribution >= 4 is 16.1 Å². The third-order valence-corrected chi connectivity index (χ3v) is 12.7. The average Bonchev–Trinajstić information content (AvgIpc) is 3.88. The Morgan fingerprint density at radius 3 is 1.43 bits per heavy atom. The number of aliphatic hydroxyl groups is 1. The van der Waals surface area contributed by atoms with Crippen molar-refractivity contribution in [2.45, 2.75) is 127 Å². The number of rotatable bonds is 13. The van der Waals surface area contributed by atoms with Crippen molar-refractivity contribution in [3.05, 3.63) is 35.4 Å². The molecule has 0 bridgehead atoms. The summed E-state index contributed by atoms with van der Waals surface area (Å²) >= 11 is 0. The molecule has 0 aliphatic carbocycles. The number of nitrogens with zero attached hydrogens (tertiary/aromatic N) is 4. The van der Waals surface area contributed by atoms with Gasteiger partial charge in [0.05, 0.1) is 0 Å². The summed E-state index contributed by atoms with van der Waals surface area (Å²) in [6.45, 7) is 17.7. The summed E-state index contributed by atoms with van der Waals surface area (Å²) in [5.41, 5.74) is -4.21. The van der Waals surface area contributed by atoms with Gasteiger partial charge in [0.15, 0.2) is 11.4 Å². The fraction of sp³-hybridized carbons (Fsp3) is 0.829. The Hall–Kier alpha value is -1.85. The first-order valence-electron chi connectivity index (χ1n) is 18.5. The molecule has 11 nitrogen and oxygen atoms in total. The molecule has 2 aromatic heterocycles. The second-order valence-electron chi connectivity index (χ2n) is 16.3. The van der Waals surface area contributed by atoms with Crippen LogP contribution in [0.3, 0.4) is 0 Å². The van der Waals surface area contributed by atoms with Gasteiger partial charge in [-0.25, -0.2) is 9.97 Å². The van der Waals surface area contributed by atoms with Gasteiger partial charge >= 0.3 is 12.4 Å². The van der Waals surface area contributed by atoms with E-state index in [4.69, 9.17) is 28.4 Å². The fourth-order valence-electron chi connectivity index (χ4n) is 5.78. The molecule has 3 aliphatic rings. The van der Waals surface area contributed by atoms with Crippen LogP contribution in [0.5, 0.6) is 0 Å². The van der Waals surface area contributed by atoms with Crippen LogP contribution in [0.15, 0.2) is 12.4 Å². The van der Waals surface area contributed by atoms with Crippen molar-refractivity contribution in [2.24, 2.45) is 0 Å². The van der Waals surface area contributed by atoms with E-state index in [1.54, 1.807) is 0 Å². The highest BCUT2D eigenvalue weighted by Gasteiger charge is 2.43. The Bertz CT molecular complexity index is 1390. The summed E-state index contributed by atoms with van der Waals surface area (Å²) < 4.78 is 113. The van der Waals surface area contributed by atoms with E-state index in [1.165, 1.54) is 29.1 Å². The maximum Gasteiger partial charge on any atom is 0.434 e. The largest absolute Gasteiger partial charge is 0.434 e. The smallest absolute Gasteiger partial charge is 0.382 e. The van der Waals surface area contributed by atoms with Crippen molar-refractivity contribution in [1.29, 1.82) is 0 Å². The number of hydrogen-bond acceptors (Lipinski definition) is 9. The summed E-state index contributed by atoms with van der Waals surface area (Å²) in [7, 11) is -1.03. The lowest BCUT2D eigenvalue weighted by Gasteiger charge is -2.35. The number of halogens is 6. The van der Waals surface area contributed by atoms with Gasteiger partial charge in [-0.2, -0.15) is 26.3 Å². The lowest BCUT2D eigenvalue weighted by Crippen LogP contribution is -2.38. The van der Waals surface area contributed by atoms with Crippen LogP contribution >= 0.6 is 0 Å². The molecular weight excluding hydrogens is 759 g/mol. The van der Waals surface area contributed by atoms with Crippen LogP contribution in [0.1, 0.15) is 61.6 Å². The molecule has 0 atom stereocenters. The van der Waals surface area contributed by atoms with Gasteiger partial charge in [-0.1, -0.05) is 39.3 Å². The zero-order chi connectivity index (χ0) is 40.3. The van der Waals surface area contributed by atoms with E-state index in [0.29, 0.717) is 52.5 Å². The van der Waals surface area contributed by atoms with Gasteiger partial charge in [-0.3, -0.25) is 0 Å². The Kier molecular flexibility index (Phi) is 17.3. The molecule has 0 unspecified atom stereocenters. The molecule has 54 heavy (non-hydrogen) atoms. The molecule has 5 rings (SSSR count). The van der Waals surface area contributed by atoms with E-state index in [1.807, 2.05) is 0 Å². The van der Waals surface area contributed by atoms with Crippen LogP contribution in [0.4, 0.5) is 26.3 Å². The minimum atomic E-state index is -4.56. The molecule has 3 fully saturated rings.